The zero-order chi connectivity index (χ0) is 22.3. The molecule has 0 atom stereocenters. The molecule has 1 heterocycles. The number of hydrogen-bond donors (Lipinski definition) is 1. The van der Waals surface area contributed by atoms with Gasteiger partial charge in [-0.3, -0.25) is 4.90 Å². The predicted octanol–water partition coefficient (Wildman–Crippen LogP) is 6.47. The summed E-state index contributed by atoms with van der Waals surface area (Å²) < 4.78 is 6.49. The second-order valence-electron chi connectivity index (χ2n) is 7.69. The van der Waals surface area contributed by atoms with Crippen molar-refractivity contribution in [3.8, 4) is 16.9 Å². The quantitative estimate of drug-likeness (QED) is 0.370. The molecule has 0 spiro atoms. The molecule has 4 nitrogen and oxygen atoms in total. The summed E-state index contributed by atoms with van der Waals surface area (Å²) >= 11 is 9.62. The lowest BCUT2D eigenvalue weighted by molar-refractivity contribution is 0.200. The minimum absolute atomic E-state index is 0.457. The van der Waals surface area contributed by atoms with Gasteiger partial charge in [-0.15, -0.1) is 0 Å². The van der Waals surface area contributed by atoms with Gasteiger partial charge >= 0.3 is 6.09 Å². The number of nitrogens with one attached hydrogen (secondary N) is 1. The zero-order valence-electron chi connectivity index (χ0n) is 17.6. The summed E-state index contributed by atoms with van der Waals surface area (Å²) in [7, 11) is 0. The van der Waals surface area contributed by atoms with Crippen LogP contribution in [-0.2, 0) is 13.0 Å². The summed E-state index contributed by atoms with van der Waals surface area (Å²) in [5.41, 5.74) is 4.52. The molecule has 0 aromatic heterocycles. The first-order valence-electron chi connectivity index (χ1n) is 10.5. The Labute approximate surface area is 202 Å². The largest absolute Gasteiger partial charge is 0.412 e. The summed E-state index contributed by atoms with van der Waals surface area (Å²) in [6.07, 6.45) is 4.66. The SMILES string of the molecule is O=C(NCCc1ccc(CN2CC=CC2)c(Br)c1)Oc1ccc(-c2ccc(Cl)cc2)cc1. The van der Waals surface area contributed by atoms with E-state index in [-0.39, 0.29) is 0 Å². The lowest BCUT2D eigenvalue weighted by Crippen LogP contribution is -2.28. The maximum absolute atomic E-state index is 12.1. The Morgan fingerprint density at radius 1 is 0.969 bits per heavy atom. The van der Waals surface area contributed by atoms with Crippen LogP contribution in [0.5, 0.6) is 5.75 Å². The van der Waals surface area contributed by atoms with Gasteiger partial charge in [0.1, 0.15) is 5.75 Å². The highest BCUT2D eigenvalue weighted by atomic mass is 79.9. The molecule has 0 radical (unpaired) electrons. The van der Waals surface area contributed by atoms with E-state index >= 15 is 0 Å². The van der Waals surface area contributed by atoms with Gasteiger partial charge in [0.2, 0.25) is 0 Å². The summed E-state index contributed by atoms with van der Waals surface area (Å²) in [5, 5.41) is 3.52. The van der Waals surface area contributed by atoms with Crippen molar-refractivity contribution >= 4 is 33.6 Å². The average molecular weight is 512 g/mol. The molecule has 164 valence electrons. The first-order chi connectivity index (χ1) is 15.6. The first-order valence-corrected chi connectivity index (χ1v) is 11.7. The van der Waals surface area contributed by atoms with Crippen molar-refractivity contribution in [2.75, 3.05) is 19.6 Å². The van der Waals surface area contributed by atoms with Crippen LogP contribution in [0.1, 0.15) is 11.1 Å². The van der Waals surface area contributed by atoms with Gasteiger partial charge in [0.05, 0.1) is 0 Å². The van der Waals surface area contributed by atoms with Crippen LogP contribution in [-0.4, -0.2) is 30.6 Å². The number of halogens is 2. The lowest BCUT2D eigenvalue weighted by Gasteiger charge is -2.16. The maximum atomic E-state index is 12.1. The first kappa shape index (κ1) is 22.6. The van der Waals surface area contributed by atoms with Crippen LogP contribution in [0.2, 0.25) is 5.02 Å². The molecular weight excluding hydrogens is 488 g/mol. The van der Waals surface area contributed by atoms with Gasteiger partial charge in [-0.05, 0) is 59.0 Å². The number of nitrogens with zero attached hydrogens (tertiary/aromatic N) is 1. The Bertz CT molecular complexity index is 1090. The van der Waals surface area contributed by atoms with E-state index in [9.17, 15) is 4.79 Å². The normalized spacial score (nSPS) is 13.3. The molecule has 1 amide bonds. The van der Waals surface area contributed by atoms with Crippen LogP contribution in [0.15, 0.2) is 83.4 Å². The van der Waals surface area contributed by atoms with Crippen LogP contribution < -0.4 is 10.1 Å². The fraction of sp³-hybridized carbons (Fsp3) is 0.192. The Balaban J connectivity index is 1.23. The van der Waals surface area contributed by atoms with Crippen molar-refractivity contribution < 1.29 is 9.53 Å². The highest BCUT2D eigenvalue weighted by Crippen LogP contribution is 2.24. The van der Waals surface area contributed by atoms with Gasteiger partial charge in [-0.25, -0.2) is 4.79 Å². The Morgan fingerprint density at radius 3 is 2.28 bits per heavy atom. The van der Waals surface area contributed by atoms with Crippen molar-refractivity contribution in [3.05, 3.63) is 99.5 Å². The topological polar surface area (TPSA) is 41.6 Å². The second kappa shape index (κ2) is 10.8. The Hall–Kier alpha value is -2.60. The lowest BCUT2D eigenvalue weighted by atomic mass is 10.1. The number of ether oxygens (including phenoxy) is 1. The second-order valence-corrected chi connectivity index (χ2v) is 8.98. The standard InChI is InChI=1S/C26H24BrClN2O2/c27-25-17-19(3-4-22(25)18-30-15-1-2-16-30)13-14-29-26(31)32-24-11-7-21(8-12-24)20-5-9-23(28)10-6-20/h1-12,17H,13-16,18H2,(H,29,31). The van der Waals surface area contributed by atoms with E-state index in [0.29, 0.717) is 17.3 Å². The van der Waals surface area contributed by atoms with Gasteiger partial charge in [0, 0.05) is 35.7 Å². The molecule has 0 bridgehead atoms. The van der Waals surface area contributed by atoms with Crippen LogP contribution in [0.4, 0.5) is 4.79 Å². The molecule has 4 rings (SSSR count). The molecule has 0 fully saturated rings. The van der Waals surface area contributed by atoms with Crippen molar-refractivity contribution in [1.29, 1.82) is 0 Å². The number of carbonyl (C=O) groups is 1. The molecule has 1 aliphatic heterocycles. The minimum Gasteiger partial charge on any atom is -0.410 e. The van der Waals surface area contributed by atoms with E-state index in [1.807, 2.05) is 36.4 Å². The molecule has 0 unspecified atom stereocenters. The van der Waals surface area contributed by atoms with Crippen LogP contribution in [0.3, 0.4) is 0 Å². The summed E-state index contributed by atoms with van der Waals surface area (Å²) in [6, 6.07) is 21.4. The minimum atomic E-state index is -0.457. The van der Waals surface area contributed by atoms with Crippen LogP contribution >= 0.6 is 27.5 Å². The highest BCUT2D eigenvalue weighted by molar-refractivity contribution is 9.10. The molecule has 0 saturated heterocycles. The summed E-state index contributed by atoms with van der Waals surface area (Å²) in [5.74, 6) is 0.503. The van der Waals surface area contributed by atoms with Crippen molar-refractivity contribution in [2.45, 2.75) is 13.0 Å². The molecular formula is C26H24BrClN2O2. The highest BCUT2D eigenvalue weighted by Gasteiger charge is 2.10. The van der Waals surface area contributed by atoms with Gasteiger partial charge < -0.3 is 10.1 Å². The number of carbonyl (C=O) groups excluding carboxylic acids is 1. The fourth-order valence-corrected chi connectivity index (χ4v) is 4.25. The van der Waals surface area contributed by atoms with E-state index < -0.39 is 6.09 Å². The van der Waals surface area contributed by atoms with Crippen LogP contribution in [0.25, 0.3) is 11.1 Å². The van der Waals surface area contributed by atoms with E-state index in [1.54, 1.807) is 12.1 Å². The number of amides is 1. The van der Waals surface area contributed by atoms with Crippen molar-refractivity contribution in [1.82, 2.24) is 10.2 Å². The van der Waals surface area contributed by atoms with E-state index in [4.69, 9.17) is 16.3 Å². The molecule has 1 N–H and O–H groups in total. The molecule has 32 heavy (non-hydrogen) atoms. The van der Waals surface area contributed by atoms with Gasteiger partial charge in [0.15, 0.2) is 0 Å². The third kappa shape index (κ3) is 6.22. The zero-order valence-corrected chi connectivity index (χ0v) is 19.9. The average Bonchev–Trinajstić information content (AvgIpc) is 3.30. The molecule has 0 aliphatic carbocycles. The van der Waals surface area contributed by atoms with Crippen molar-refractivity contribution in [2.24, 2.45) is 0 Å². The molecule has 0 saturated carbocycles. The van der Waals surface area contributed by atoms with Gasteiger partial charge in [-0.2, -0.15) is 0 Å². The monoisotopic (exact) mass is 510 g/mol. The third-order valence-electron chi connectivity index (χ3n) is 5.33. The third-order valence-corrected chi connectivity index (χ3v) is 6.32. The number of benzene rings is 3. The molecule has 6 heteroatoms. The summed E-state index contributed by atoms with van der Waals surface area (Å²) in [4.78, 5) is 14.5. The van der Waals surface area contributed by atoms with Gasteiger partial charge in [-0.1, -0.05) is 76.1 Å². The van der Waals surface area contributed by atoms with E-state index in [0.717, 1.165) is 47.2 Å². The number of rotatable bonds is 7. The summed E-state index contributed by atoms with van der Waals surface area (Å²) in [6.45, 7) is 3.44. The van der Waals surface area contributed by atoms with E-state index in [2.05, 4.69) is 56.5 Å². The van der Waals surface area contributed by atoms with E-state index in [1.165, 1.54) is 5.56 Å². The Kier molecular flexibility index (Phi) is 7.63. The molecule has 1 aliphatic rings. The maximum Gasteiger partial charge on any atom is 0.412 e. The van der Waals surface area contributed by atoms with Gasteiger partial charge in [0.25, 0.3) is 0 Å². The molecule has 3 aromatic rings. The number of hydrogen-bond acceptors (Lipinski definition) is 3. The van der Waals surface area contributed by atoms with Crippen LogP contribution in [0, 0.1) is 0 Å². The fourth-order valence-electron chi connectivity index (χ4n) is 3.58. The van der Waals surface area contributed by atoms with Crippen molar-refractivity contribution in [3.63, 3.8) is 0 Å². The predicted molar refractivity (Wildman–Crippen MR) is 133 cm³/mol. The Morgan fingerprint density at radius 2 is 1.62 bits per heavy atom. The molecule has 3 aromatic carbocycles. The smallest absolute Gasteiger partial charge is 0.410 e.